The van der Waals surface area contributed by atoms with Crippen molar-refractivity contribution in [2.24, 2.45) is 0 Å². The van der Waals surface area contributed by atoms with Gasteiger partial charge in [-0.1, -0.05) is 29.8 Å². The molecule has 1 saturated heterocycles. The number of nitrogens with zero attached hydrogens (tertiary/aromatic N) is 2. The van der Waals surface area contributed by atoms with Crippen LogP contribution in [-0.4, -0.2) is 50.6 Å². The molecule has 0 spiro atoms. The number of hydrogen-bond acceptors (Lipinski definition) is 4. The first-order valence-electron chi connectivity index (χ1n) is 9.59. The summed E-state index contributed by atoms with van der Waals surface area (Å²) in [5.41, 5.74) is 3.71. The van der Waals surface area contributed by atoms with Gasteiger partial charge in [0, 0.05) is 51.4 Å². The predicted octanol–water partition coefficient (Wildman–Crippen LogP) is 2.83. The van der Waals surface area contributed by atoms with Gasteiger partial charge in [0.25, 0.3) is 0 Å². The maximum Gasteiger partial charge on any atom is 0.223 e. The molecule has 0 radical (unpaired) electrons. The Hall–Kier alpha value is -2.53. The lowest BCUT2D eigenvalue weighted by molar-refractivity contribution is -0.131. The SMILES string of the molecule is COc1ccc(N2CCN(C(=O)CCNCc3cccc(C)c3)CC2)cc1. The maximum atomic E-state index is 12.4. The van der Waals surface area contributed by atoms with E-state index in [2.05, 4.69) is 53.5 Å². The number of methoxy groups -OCH3 is 1. The second-order valence-corrected chi connectivity index (χ2v) is 6.98. The third kappa shape index (κ3) is 5.47. The highest BCUT2D eigenvalue weighted by atomic mass is 16.5. The van der Waals surface area contributed by atoms with Gasteiger partial charge in [0.2, 0.25) is 5.91 Å². The van der Waals surface area contributed by atoms with Crippen molar-refractivity contribution in [1.29, 1.82) is 0 Å². The number of carbonyl (C=O) groups is 1. The largest absolute Gasteiger partial charge is 0.497 e. The number of carbonyl (C=O) groups excluding carboxylic acids is 1. The summed E-state index contributed by atoms with van der Waals surface area (Å²) in [5.74, 6) is 1.10. The van der Waals surface area contributed by atoms with Crippen molar-refractivity contribution >= 4 is 11.6 Å². The molecular weight excluding hydrogens is 338 g/mol. The molecule has 1 amide bonds. The normalized spacial score (nSPS) is 14.3. The van der Waals surface area contributed by atoms with E-state index in [1.807, 2.05) is 17.0 Å². The lowest BCUT2D eigenvalue weighted by atomic mass is 10.1. The van der Waals surface area contributed by atoms with Crippen molar-refractivity contribution < 1.29 is 9.53 Å². The van der Waals surface area contributed by atoms with E-state index in [-0.39, 0.29) is 5.91 Å². The molecule has 0 atom stereocenters. The Morgan fingerprint density at radius 1 is 1.07 bits per heavy atom. The third-order valence-corrected chi connectivity index (χ3v) is 5.00. The van der Waals surface area contributed by atoms with Crippen LogP contribution in [0.5, 0.6) is 5.75 Å². The first-order chi connectivity index (χ1) is 13.2. The Morgan fingerprint density at radius 3 is 2.48 bits per heavy atom. The number of benzene rings is 2. The molecule has 3 rings (SSSR count). The van der Waals surface area contributed by atoms with Gasteiger partial charge < -0.3 is 19.9 Å². The summed E-state index contributed by atoms with van der Waals surface area (Å²) in [6.45, 7) is 6.92. The summed E-state index contributed by atoms with van der Waals surface area (Å²) in [4.78, 5) is 16.7. The van der Waals surface area contributed by atoms with Gasteiger partial charge in [0.15, 0.2) is 0 Å². The Labute approximate surface area is 161 Å². The van der Waals surface area contributed by atoms with Gasteiger partial charge in [-0.3, -0.25) is 4.79 Å². The van der Waals surface area contributed by atoms with Crippen LogP contribution in [-0.2, 0) is 11.3 Å². The highest BCUT2D eigenvalue weighted by Gasteiger charge is 2.20. The lowest BCUT2D eigenvalue weighted by Gasteiger charge is -2.36. The number of nitrogens with one attached hydrogen (secondary N) is 1. The minimum atomic E-state index is 0.237. The molecule has 27 heavy (non-hydrogen) atoms. The fraction of sp³-hybridized carbons (Fsp3) is 0.409. The summed E-state index contributed by atoms with van der Waals surface area (Å²) in [7, 11) is 1.68. The number of rotatable bonds is 7. The van der Waals surface area contributed by atoms with E-state index in [1.54, 1.807) is 7.11 Å². The van der Waals surface area contributed by atoms with E-state index >= 15 is 0 Å². The van der Waals surface area contributed by atoms with Gasteiger partial charge in [-0.15, -0.1) is 0 Å². The molecule has 0 aliphatic carbocycles. The Morgan fingerprint density at radius 2 is 1.81 bits per heavy atom. The van der Waals surface area contributed by atoms with Crippen LogP contribution in [0.3, 0.4) is 0 Å². The van der Waals surface area contributed by atoms with E-state index in [1.165, 1.54) is 16.8 Å². The van der Waals surface area contributed by atoms with Crippen molar-refractivity contribution in [1.82, 2.24) is 10.2 Å². The molecule has 1 aliphatic heterocycles. The molecule has 144 valence electrons. The van der Waals surface area contributed by atoms with E-state index in [0.29, 0.717) is 13.0 Å². The molecule has 1 heterocycles. The van der Waals surface area contributed by atoms with Crippen LogP contribution in [0.4, 0.5) is 5.69 Å². The maximum absolute atomic E-state index is 12.4. The summed E-state index contributed by atoms with van der Waals surface area (Å²) >= 11 is 0. The van der Waals surface area contributed by atoms with Crippen molar-refractivity contribution in [3.05, 3.63) is 59.7 Å². The molecule has 0 bridgehead atoms. The third-order valence-electron chi connectivity index (χ3n) is 5.00. The second kappa shape index (κ2) is 9.42. The van der Waals surface area contributed by atoms with E-state index in [0.717, 1.165) is 38.5 Å². The summed E-state index contributed by atoms with van der Waals surface area (Å²) < 4.78 is 5.21. The quantitative estimate of drug-likeness (QED) is 0.765. The van der Waals surface area contributed by atoms with Crippen molar-refractivity contribution in [2.75, 3.05) is 44.7 Å². The Kier molecular flexibility index (Phi) is 6.71. The second-order valence-electron chi connectivity index (χ2n) is 6.98. The molecule has 2 aromatic rings. The van der Waals surface area contributed by atoms with Crippen LogP contribution < -0.4 is 15.0 Å². The average Bonchev–Trinajstić information content (AvgIpc) is 2.71. The van der Waals surface area contributed by atoms with E-state index in [9.17, 15) is 4.79 Å². The molecule has 1 fully saturated rings. The zero-order chi connectivity index (χ0) is 19.1. The van der Waals surface area contributed by atoms with Crippen LogP contribution in [0.2, 0.25) is 0 Å². The number of ether oxygens (including phenoxy) is 1. The molecule has 5 heteroatoms. The average molecular weight is 367 g/mol. The van der Waals surface area contributed by atoms with Crippen molar-refractivity contribution in [2.45, 2.75) is 19.9 Å². The lowest BCUT2D eigenvalue weighted by Crippen LogP contribution is -2.49. The molecule has 1 N–H and O–H groups in total. The molecule has 1 aliphatic rings. The number of piperazine rings is 1. The summed E-state index contributed by atoms with van der Waals surface area (Å²) in [5, 5.41) is 3.37. The van der Waals surface area contributed by atoms with E-state index < -0.39 is 0 Å². The van der Waals surface area contributed by atoms with Crippen LogP contribution in [0.1, 0.15) is 17.5 Å². The van der Waals surface area contributed by atoms with Gasteiger partial charge >= 0.3 is 0 Å². The predicted molar refractivity (Wildman–Crippen MR) is 109 cm³/mol. The van der Waals surface area contributed by atoms with Gasteiger partial charge in [-0.05, 0) is 36.8 Å². The minimum Gasteiger partial charge on any atom is -0.497 e. The smallest absolute Gasteiger partial charge is 0.223 e. The fourth-order valence-electron chi connectivity index (χ4n) is 3.42. The van der Waals surface area contributed by atoms with Crippen LogP contribution in [0, 0.1) is 6.92 Å². The molecule has 0 saturated carbocycles. The number of amides is 1. The zero-order valence-electron chi connectivity index (χ0n) is 16.3. The molecule has 0 unspecified atom stereocenters. The summed E-state index contributed by atoms with van der Waals surface area (Å²) in [6, 6.07) is 16.6. The van der Waals surface area contributed by atoms with E-state index in [4.69, 9.17) is 4.74 Å². The fourth-order valence-corrected chi connectivity index (χ4v) is 3.42. The highest BCUT2D eigenvalue weighted by molar-refractivity contribution is 5.76. The molecule has 0 aromatic heterocycles. The number of hydrogen-bond donors (Lipinski definition) is 1. The first-order valence-corrected chi connectivity index (χ1v) is 9.59. The van der Waals surface area contributed by atoms with Crippen molar-refractivity contribution in [3.8, 4) is 5.75 Å². The minimum absolute atomic E-state index is 0.237. The van der Waals surface area contributed by atoms with Crippen LogP contribution in [0.15, 0.2) is 48.5 Å². The van der Waals surface area contributed by atoms with Gasteiger partial charge in [-0.25, -0.2) is 0 Å². The number of anilines is 1. The standard InChI is InChI=1S/C22H29N3O2/c1-18-4-3-5-19(16-18)17-23-11-10-22(26)25-14-12-24(13-15-25)20-6-8-21(27-2)9-7-20/h3-9,16,23H,10-15,17H2,1-2H3. The topological polar surface area (TPSA) is 44.8 Å². The monoisotopic (exact) mass is 367 g/mol. The van der Waals surface area contributed by atoms with Crippen LogP contribution in [0.25, 0.3) is 0 Å². The number of aryl methyl sites for hydroxylation is 1. The van der Waals surface area contributed by atoms with Crippen LogP contribution >= 0.6 is 0 Å². The molecule has 5 nitrogen and oxygen atoms in total. The Bertz CT molecular complexity index is 737. The molecular formula is C22H29N3O2. The summed E-state index contributed by atoms with van der Waals surface area (Å²) in [6.07, 6.45) is 0.550. The van der Waals surface area contributed by atoms with Gasteiger partial charge in [0.1, 0.15) is 5.75 Å². The van der Waals surface area contributed by atoms with Crippen molar-refractivity contribution in [3.63, 3.8) is 0 Å². The van der Waals surface area contributed by atoms with Gasteiger partial charge in [-0.2, -0.15) is 0 Å². The highest BCUT2D eigenvalue weighted by Crippen LogP contribution is 2.20. The zero-order valence-corrected chi connectivity index (χ0v) is 16.3. The Balaban J connectivity index is 1.38. The van der Waals surface area contributed by atoms with Gasteiger partial charge in [0.05, 0.1) is 7.11 Å². The first kappa shape index (κ1) is 19.2. The molecule has 2 aromatic carbocycles.